The second-order valence-corrected chi connectivity index (χ2v) is 2.09. The molecule has 0 radical (unpaired) electrons. The van der Waals surface area contributed by atoms with Crippen molar-refractivity contribution in [3.8, 4) is 0 Å². The van der Waals surface area contributed by atoms with Gasteiger partial charge in [-0.25, -0.2) is 0 Å². The van der Waals surface area contributed by atoms with E-state index in [9.17, 15) is 0 Å². The molecular formula is C7H17NO. The van der Waals surface area contributed by atoms with E-state index in [4.69, 9.17) is 4.74 Å². The van der Waals surface area contributed by atoms with Crippen LogP contribution in [0.2, 0.25) is 0 Å². The monoisotopic (exact) mass is 131 g/mol. The van der Waals surface area contributed by atoms with E-state index in [2.05, 4.69) is 19.2 Å². The molecular weight excluding hydrogens is 114 g/mol. The molecule has 2 nitrogen and oxygen atoms in total. The van der Waals surface area contributed by atoms with Gasteiger partial charge in [-0.1, -0.05) is 13.8 Å². The van der Waals surface area contributed by atoms with Crippen LogP contribution in [0.25, 0.3) is 0 Å². The Kier molecular flexibility index (Phi) is 5.99. The largest absolute Gasteiger partial charge is 0.367 e. The minimum atomic E-state index is 0.255. The molecule has 0 aromatic heterocycles. The predicted octanol–water partition coefficient (Wildman–Crippen LogP) is 1.37. The SMILES string of the molecule is CCCNC(CC)OC. The van der Waals surface area contributed by atoms with Crippen molar-refractivity contribution >= 4 is 0 Å². The highest BCUT2D eigenvalue weighted by Gasteiger charge is 1.98. The molecule has 56 valence electrons. The van der Waals surface area contributed by atoms with Gasteiger partial charge in [0, 0.05) is 7.11 Å². The molecule has 0 spiro atoms. The van der Waals surface area contributed by atoms with Gasteiger partial charge in [0.05, 0.1) is 0 Å². The van der Waals surface area contributed by atoms with Crippen molar-refractivity contribution in [3.63, 3.8) is 0 Å². The van der Waals surface area contributed by atoms with Gasteiger partial charge in [0.25, 0.3) is 0 Å². The molecule has 2 heteroatoms. The number of ether oxygens (including phenoxy) is 1. The highest BCUT2D eigenvalue weighted by molar-refractivity contribution is 4.49. The maximum atomic E-state index is 5.09. The van der Waals surface area contributed by atoms with Crippen molar-refractivity contribution in [1.82, 2.24) is 5.32 Å². The molecule has 9 heavy (non-hydrogen) atoms. The highest BCUT2D eigenvalue weighted by atomic mass is 16.5. The molecule has 0 aromatic rings. The number of hydrogen-bond acceptors (Lipinski definition) is 2. The summed E-state index contributed by atoms with van der Waals surface area (Å²) in [4.78, 5) is 0. The van der Waals surface area contributed by atoms with Crippen LogP contribution in [0, 0.1) is 0 Å². The Bertz CT molecular complexity index is 52.9. The molecule has 0 aromatic carbocycles. The Morgan fingerprint density at radius 3 is 2.44 bits per heavy atom. The van der Waals surface area contributed by atoms with E-state index in [0.29, 0.717) is 0 Å². The van der Waals surface area contributed by atoms with E-state index < -0.39 is 0 Å². The zero-order valence-corrected chi connectivity index (χ0v) is 6.61. The minimum absolute atomic E-state index is 0.255. The number of hydrogen-bond donors (Lipinski definition) is 1. The van der Waals surface area contributed by atoms with Crippen LogP contribution in [-0.2, 0) is 4.74 Å². The van der Waals surface area contributed by atoms with Crippen LogP contribution in [0.15, 0.2) is 0 Å². The molecule has 1 N–H and O–H groups in total. The average molecular weight is 131 g/mol. The van der Waals surface area contributed by atoms with Crippen molar-refractivity contribution in [2.75, 3.05) is 13.7 Å². The van der Waals surface area contributed by atoms with E-state index in [1.807, 2.05) is 0 Å². The van der Waals surface area contributed by atoms with Crippen LogP contribution < -0.4 is 5.32 Å². The van der Waals surface area contributed by atoms with Crippen LogP contribution >= 0.6 is 0 Å². The lowest BCUT2D eigenvalue weighted by atomic mass is 10.4. The molecule has 0 saturated heterocycles. The lowest BCUT2D eigenvalue weighted by Crippen LogP contribution is -2.30. The molecule has 0 aliphatic carbocycles. The first-order valence-electron chi connectivity index (χ1n) is 3.61. The fraction of sp³-hybridized carbons (Fsp3) is 1.00. The standard InChI is InChI=1S/C7H17NO/c1-4-6-8-7(5-2)9-3/h7-8H,4-6H2,1-3H3. The molecule has 0 aliphatic rings. The summed E-state index contributed by atoms with van der Waals surface area (Å²) in [5, 5.41) is 3.25. The first-order valence-corrected chi connectivity index (χ1v) is 3.61. The van der Waals surface area contributed by atoms with Crippen molar-refractivity contribution < 1.29 is 4.74 Å². The second-order valence-electron chi connectivity index (χ2n) is 2.09. The molecule has 0 rings (SSSR count). The van der Waals surface area contributed by atoms with E-state index >= 15 is 0 Å². The van der Waals surface area contributed by atoms with Gasteiger partial charge in [0.2, 0.25) is 0 Å². The fourth-order valence-corrected chi connectivity index (χ4v) is 0.700. The first-order chi connectivity index (χ1) is 4.35. The van der Waals surface area contributed by atoms with E-state index in [-0.39, 0.29) is 6.23 Å². The summed E-state index contributed by atoms with van der Waals surface area (Å²) in [6.45, 7) is 5.30. The van der Waals surface area contributed by atoms with Gasteiger partial charge in [0.15, 0.2) is 0 Å². The first kappa shape index (κ1) is 8.92. The highest BCUT2D eigenvalue weighted by Crippen LogP contribution is 1.89. The Morgan fingerprint density at radius 1 is 1.44 bits per heavy atom. The Balaban J connectivity index is 3.09. The van der Waals surface area contributed by atoms with E-state index in [1.165, 1.54) is 6.42 Å². The van der Waals surface area contributed by atoms with Gasteiger partial charge in [-0.05, 0) is 19.4 Å². The van der Waals surface area contributed by atoms with Crippen LogP contribution in [-0.4, -0.2) is 19.9 Å². The molecule has 1 atom stereocenters. The molecule has 0 amide bonds. The topological polar surface area (TPSA) is 21.3 Å². The number of nitrogens with one attached hydrogen (secondary N) is 1. The van der Waals surface area contributed by atoms with Gasteiger partial charge >= 0.3 is 0 Å². The quantitative estimate of drug-likeness (QED) is 0.569. The minimum Gasteiger partial charge on any atom is -0.367 e. The van der Waals surface area contributed by atoms with Gasteiger partial charge in [-0.3, -0.25) is 5.32 Å². The summed E-state index contributed by atoms with van der Waals surface area (Å²) in [6.07, 6.45) is 2.46. The maximum absolute atomic E-state index is 5.09. The second kappa shape index (κ2) is 6.05. The summed E-state index contributed by atoms with van der Waals surface area (Å²) in [7, 11) is 1.73. The normalized spacial score (nSPS) is 13.7. The molecule has 0 bridgehead atoms. The molecule has 1 unspecified atom stereocenters. The van der Waals surface area contributed by atoms with E-state index in [1.54, 1.807) is 7.11 Å². The number of rotatable bonds is 5. The summed E-state index contributed by atoms with van der Waals surface area (Å²) in [6, 6.07) is 0. The van der Waals surface area contributed by atoms with Crippen LogP contribution in [0.3, 0.4) is 0 Å². The summed E-state index contributed by atoms with van der Waals surface area (Å²) in [5.41, 5.74) is 0. The maximum Gasteiger partial charge on any atom is 0.107 e. The Hall–Kier alpha value is -0.0800. The van der Waals surface area contributed by atoms with Crippen LogP contribution in [0.5, 0.6) is 0 Å². The van der Waals surface area contributed by atoms with Gasteiger partial charge in [0.1, 0.15) is 6.23 Å². The third-order valence-corrected chi connectivity index (χ3v) is 1.28. The van der Waals surface area contributed by atoms with Crippen LogP contribution in [0.1, 0.15) is 26.7 Å². The summed E-state index contributed by atoms with van der Waals surface area (Å²) >= 11 is 0. The predicted molar refractivity (Wildman–Crippen MR) is 39.4 cm³/mol. The van der Waals surface area contributed by atoms with E-state index in [0.717, 1.165) is 13.0 Å². The van der Waals surface area contributed by atoms with Crippen molar-refractivity contribution in [2.45, 2.75) is 32.9 Å². The van der Waals surface area contributed by atoms with Gasteiger partial charge < -0.3 is 4.74 Å². The van der Waals surface area contributed by atoms with Gasteiger partial charge in [-0.2, -0.15) is 0 Å². The van der Waals surface area contributed by atoms with Crippen molar-refractivity contribution in [1.29, 1.82) is 0 Å². The van der Waals surface area contributed by atoms with Crippen molar-refractivity contribution in [2.24, 2.45) is 0 Å². The van der Waals surface area contributed by atoms with Gasteiger partial charge in [-0.15, -0.1) is 0 Å². The average Bonchev–Trinajstić information content (AvgIpc) is 1.91. The molecule has 0 heterocycles. The third-order valence-electron chi connectivity index (χ3n) is 1.28. The van der Waals surface area contributed by atoms with Crippen LogP contribution in [0.4, 0.5) is 0 Å². The summed E-state index contributed by atoms with van der Waals surface area (Å²) < 4.78 is 5.09. The smallest absolute Gasteiger partial charge is 0.107 e. The molecule has 0 fully saturated rings. The Labute approximate surface area is 57.6 Å². The summed E-state index contributed by atoms with van der Waals surface area (Å²) in [5.74, 6) is 0. The Morgan fingerprint density at radius 2 is 2.11 bits per heavy atom. The molecule has 0 aliphatic heterocycles. The van der Waals surface area contributed by atoms with Crippen molar-refractivity contribution in [3.05, 3.63) is 0 Å². The lowest BCUT2D eigenvalue weighted by Gasteiger charge is -2.13. The molecule has 0 saturated carbocycles. The zero-order chi connectivity index (χ0) is 7.11. The zero-order valence-electron chi connectivity index (χ0n) is 6.61. The fourth-order valence-electron chi connectivity index (χ4n) is 0.700. The lowest BCUT2D eigenvalue weighted by molar-refractivity contribution is 0.0713. The number of methoxy groups -OCH3 is 1. The third kappa shape index (κ3) is 4.43.